The molecule has 1 N–H and O–H groups in total. The maximum Gasteiger partial charge on any atom is 0.417 e. The van der Waals surface area contributed by atoms with E-state index in [1.807, 2.05) is 4.90 Å². The molecular formula is C14H17F3N4O2. The zero-order valence-corrected chi connectivity index (χ0v) is 12.6. The number of carbonyl (C=O) groups excluding carboxylic acids is 2. The van der Waals surface area contributed by atoms with Gasteiger partial charge in [-0.1, -0.05) is 0 Å². The van der Waals surface area contributed by atoms with Crippen LogP contribution in [0.2, 0.25) is 0 Å². The number of hydrogen-bond donors (Lipinski definition) is 1. The third-order valence-electron chi connectivity index (χ3n) is 3.52. The van der Waals surface area contributed by atoms with Gasteiger partial charge in [0.1, 0.15) is 5.82 Å². The molecule has 0 bridgehead atoms. The van der Waals surface area contributed by atoms with Gasteiger partial charge >= 0.3 is 6.18 Å². The van der Waals surface area contributed by atoms with Gasteiger partial charge in [-0.15, -0.1) is 0 Å². The lowest BCUT2D eigenvalue weighted by molar-refractivity contribution is -0.137. The van der Waals surface area contributed by atoms with E-state index in [0.29, 0.717) is 32.0 Å². The molecule has 0 saturated carbocycles. The number of piperazine rings is 1. The molecule has 0 unspecified atom stereocenters. The van der Waals surface area contributed by atoms with E-state index in [0.717, 1.165) is 12.3 Å². The van der Waals surface area contributed by atoms with E-state index in [-0.39, 0.29) is 18.4 Å². The van der Waals surface area contributed by atoms with Gasteiger partial charge in [0.2, 0.25) is 11.8 Å². The fourth-order valence-electron chi connectivity index (χ4n) is 2.24. The summed E-state index contributed by atoms with van der Waals surface area (Å²) in [4.78, 5) is 29.9. The number of alkyl halides is 3. The van der Waals surface area contributed by atoms with Crippen LogP contribution in [0.1, 0.15) is 12.5 Å². The van der Waals surface area contributed by atoms with Gasteiger partial charge in [-0.3, -0.25) is 9.59 Å². The Bertz CT molecular complexity index is 566. The lowest BCUT2D eigenvalue weighted by Crippen LogP contribution is -2.51. The van der Waals surface area contributed by atoms with Gasteiger partial charge in [0.15, 0.2) is 0 Å². The van der Waals surface area contributed by atoms with Crippen molar-refractivity contribution < 1.29 is 22.8 Å². The molecule has 1 aliphatic heterocycles. The number of pyridine rings is 1. The predicted octanol–water partition coefficient (Wildman–Crippen LogP) is 0.885. The number of nitrogens with one attached hydrogen (secondary N) is 1. The first-order valence-electron chi connectivity index (χ1n) is 7.08. The van der Waals surface area contributed by atoms with Crippen LogP contribution in [0, 0.1) is 0 Å². The van der Waals surface area contributed by atoms with Crippen molar-refractivity contribution in [2.75, 3.05) is 37.6 Å². The summed E-state index contributed by atoms with van der Waals surface area (Å²) in [6, 6.07) is 2.33. The van der Waals surface area contributed by atoms with Crippen LogP contribution in [0.3, 0.4) is 0 Å². The fourth-order valence-corrected chi connectivity index (χ4v) is 2.24. The average molecular weight is 330 g/mol. The summed E-state index contributed by atoms with van der Waals surface area (Å²) in [5.74, 6) is -0.00173. The van der Waals surface area contributed by atoms with Crippen molar-refractivity contribution in [2.24, 2.45) is 0 Å². The molecule has 9 heteroatoms. The standard InChI is InChI=1S/C14H17F3N4O2/c1-10(22)18-9-13(23)21-6-4-20(5-7-21)12-3-2-11(8-19-12)14(15,16)17/h2-3,8H,4-7,9H2,1H3,(H,18,22). The molecule has 0 aliphatic carbocycles. The summed E-state index contributed by atoms with van der Waals surface area (Å²) < 4.78 is 37.5. The van der Waals surface area contributed by atoms with Crippen LogP contribution in [0.15, 0.2) is 18.3 Å². The molecule has 0 spiro atoms. The predicted molar refractivity (Wildman–Crippen MR) is 76.7 cm³/mol. The van der Waals surface area contributed by atoms with Crippen LogP contribution in [0.4, 0.5) is 19.0 Å². The lowest BCUT2D eigenvalue weighted by atomic mass is 10.2. The van der Waals surface area contributed by atoms with Crippen molar-refractivity contribution in [3.8, 4) is 0 Å². The highest BCUT2D eigenvalue weighted by atomic mass is 19.4. The molecule has 1 aromatic rings. The topological polar surface area (TPSA) is 65.5 Å². The zero-order valence-electron chi connectivity index (χ0n) is 12.6. The van der Waals surface area contributed by atoms with E-state index in [9.17, 15) is 22.8 Å². The second-order valence-corrected chi connectivity index (χ2v) is 5.18. The van der Waals surface area contributed by atoms with Gasteiger partial charge < -0.3 is 15.1 Å². The van der Waals surface area contributed by atoms with E-state index in [1.54, 1.807) is 4.90 Å². The van der Waals surface area contributed by atoms with Crippen LogP contribution in [-0.4, -0.2) is 54.4 Å². The minimum absolute atomic E-state index is 0.0478. The molecular weight excluding hydrogens is 313 g/mol. The van der Waals surface area contributed by atoms with Crippen molar-refractivity contribution in [3.05, 3.63) is 23.9 Å². The first-order valence-corrected chi connectivity index (χ1v) is 7.08. The Morgan fingerprint density at radius 3 is 2.35 bits per heavy atom. The Labute approximate surface area is 131 Å². The molecule has 2 heterocycles. The minimum atomic E-state index is -4.40. The normalized spacial score (nSPS) is 15.5. The minimum Gasteiger partial charge on any atom is -0.353 e. The van der Waals surface area contributed by atoms with E-state index < -0.39 is 11.7 Å². The van der Waals surface area contributed by atoms with Gasteiger partial charge in [-0.25, -0.2) is 4.98 Å². The highest BCUT2D eigenvalue weighted by molar-refractivity contribution is 5.83. The maximum atomic E-state index is 12.5. The van der Waals surface area contributed by atoms with Crippen molar-refractivity contribution in [1.82, 2.24) is 15.2 Å². The molecule has 6 nitrogen and oxygen atoms in total. The van der Waals surface area contributed by atoms with Crippen molar-refractivity contribution in [3.63, 3.8) is 0 Å². The molecule has 1 fully saturated rings. The van der Waals surface area contributed by atoms with Gasteiger partial charge in [-0.2, -0.15) is 13.2 Å². The highest BCUT2D eigenvalue weighted by Crippen LogP contribution is 2.29. The number of rotatable bonds is 3. The van der Waals surface area contributed by atoms with Crippen LogP contribution >= 0.6 is 0 Å². The first kappa shape index (κ1) is 17.0. The molecule has 126 valence electrons. The molecule has 1 aliphatic rings. The number of nitrogens with zero attached hydrogens (tertiary/aromatic N) is 3. The van der Waals surface area contributed by atoms with E-state index in [4.69, 9.17) is 0 Å². The third-order valence-corrected chi connectivity index (χ3v) is 3.52. The number of halogens is 3. The monoisotopic (exact) mass is 330 g/mol. The molecule has 1 saturated heterocycles. The van der Waals surface area contributed by atoms with Crippen molar-refractivity contribution >= 4 is 17.6 Å². The Morgan fingerprint density at radius 2 is 1.87 bits per heavy atom. The van der Waals surface area contributed by atoms with Crippen molar-refractivity contribution in [1.29, 1.82) is 0 Å². The molecule has 2 amide bonds. The van der Waals surface area contributed by atoms with E-state index in [2.05, 4.69) is 10.3 Å². The molecule has 0 atom stereocenters. The van der Waals surface area contributed by atoms with E-state index >= 15 is 0 Å². The van der Waals surface area contributed by atoms with Crippen LogP contribution in [0.5, 0.6) is 0 Å². The summed E-state index contributed by atoms with van der Waals surface area (Å²) >= 11 is 0. The number of carbonyl (C=O) groups is 2. The summed E-state index contributed by atoms with van der Waals surface area (Å²) in [6.45, 7) is 3.10. The Morgan fingerprint density at radius 1 is 1.22 bits per heavy atom. The maximum absolute atomic E-state index is 12.5. The van der Waals surface area contributed by atoms with Gasteiger partial charge in [-0.05, 0) is 12.1 Å². The molecule has 2 rings (SSSR count). The summed E-state index contributed by atoms with van der Waals surface area (Å²) in [6.07, 6.45) is -3.59. The van der Waals surface area contributed by atoms with Crippen LogP contribution in [-0.2, 0) is 15.8 Å². The van der Waals surface area contributed by atoms with Crippen molar-refractivity contribution in [2.45, 2.75) is 13.1 Å². The summed E-state index contributed by atoms with van der Waals surface area (Å²) in [5, 5.41) is 2.44. The fraction of sp³-hybridized carbons (Fsp3) is 0.500. The number of anilines is 1. The molecule has 23 heavy (non-hydrogen) atoms. The molecule has 0 aromatic carbocycles. The van der Waals surface area contributed by atoms with Gasteiger partial charge in [0, 0.05) is 39.3 Å². The average Bonchev–Trinajstić information content (AvgIpc) is 2.52. The molecule has 1 aromatic heterocycles. The Balaban J connectivity index is 1.89. The third kappa shape index (κ3) is 4.57. The largest absolute Gasteiger partial charge is 0.417 e. The van der Waals surface area contributed by atoms with Crippen LogP contribution in [0.25, 0.3) is 0 Å². The summed E-state index contributed by atoms with van der Waals surface area (Å²) in [5.41, 5.74) is -0.787. The number of aromatic nitrogens is 1. The van der Waals surface area contributed by atoms with Gasteiger partial charge in [0.25, 0.3) is 0 Å². The smallest absolute Gasteiger partial charge is 0.353 e. The quantitative estimate of drug-likeness (QED) is 0.894. The zero-order chi connectivity index (χ0) is 17.0. The number of amides is 2. The SMILES string of the molecule is CC(=O)NCC(=O)N1CCN(c2ccc(C(F)(F)F)cn2)CC1. The highest BCUT2D eigenvalue weighted by Gasteiger charge is 2.31. The second kappa shape index (κ2) is 6.84. The first-order chi connectivity index (χ1) is 10.8. The lowest BCUT2D eigenvalue weighted by Gasteiger charge is -2.35. The second-order valence-electron chi connectivity index (χ2n) is 5.18. The number of hydrogen-bond acceptors (Lipinski definition) is 4. The Kier molecular flexibility index (Phi) is 5.07. The van der Waals surface area contributed by atoms with Crippen LogP contribution < -0.4 is 10.2 Å². The van der Waals surface area contributed by atoms with E-state index in [1.165, 1.54) is 13.0 Å². The van der Waals surface area contributed by atoms with Gasteiger partial charge in [0.05, 0.1) is 12.1 Å². The Hall–Kier alpha value is -2.32. The molecule has 0 radical (unpaired) electrons. The summed E-state index contributed by atoms with van der Waals surface area (Å²) in [7, 11) is 0.